The van der Waals surface area contributed by atoms with Gasteiger partial charge in [0.1, 0.15) is 0 Å². The maximum atomic E-state index is 13.0. The Morgan fingerprint density at radius 3 is 2.68 bits per heavy atom. The third kappa shape index (κ3) is 3.65. The lowest BCUT2D eigenvalue weighted by Crippen LogP contribution is -2.36. The van der Waals surface area contributed by atoms with Crippen molar-refractivity contribution in [1.82, 2.24) is 9.62 Å². The number of rotatable bonds is 5. The van der Waals surface area contributed by atoms with Gasteiger partial charge >= 0.3 is 0 Å². The first-order chi connectivity index (χ1) is 12.0. The van der Waals surface area contributed by atoms with Gasteiger partial charge in [-0.1, -0.05) is 36.4 Å². The molecule has 0 fully saturated rings. The van der Waals surface area contributed by atoms with Crippen LogP contribution in [0.15, 0.2) is 66.1 Å². The Balaban J connectivity index is 1.86. The van der Waals surface area contributed by atoms with Crippen molar-refractivity contribution in [3.8, 4) is 0 Å². The average Bonchev–Trinajstić information content (AvgIpc) is 2.65. The Morgan fingerprint density at radius 2 is 1.92 bits per heavy atom. The van der Waals surface area contributed by atoms with Crippen molar-refractivity contribution in [2.45, 2.75) is 17.9 Å². The highest BCUT2D eigenvalue weighted by Crippen LogP contribution is 2.25. The molecule has 0 aromatic heterocycles. The van der Waals surface area contributed by atoms with E-state index in [2.05, 4.69) is 11.9 Å². The van der Waals surface area contributed by atoms with E-state index in [1.807, 2.05) is 24.3 Å². The lowest BCUT2D eigenvalue weighted by molar-refractivity contribution is 0.0958. The summed E-state index contributed by atoms with van der Waals surface area (Å²) < 4.78 is 27.4. The Bertz CT molecular complexity index is 906. The highest BCUT2D eigenvalue weighted by Gasteiger charge is 2.28. The van der Waals surface area contributed by atoms with Gasteiger partial charge in [-0.15, -0.1) is 6.58 Å². The SMILES string of the molecule is C=CCNC(=O)c1cccc(S(=O)(=O)N2CCc3ccccc3C2)c1. The van der Waals surface area contributed by atoms with Crippen LogP contribution in [0.4, 0.5) is 0 Å². The molecule has 0 spiro atoms. The Hall–Kier alpha value is -2.44. The summed E-state index contributed by atoms with van der Waals surface area (Å²) in [5, 5.41) is 2.65. The van der Waals surface area contributed by atoms with Crippen LogP contribution >= 0.6 is 0 Å². The molecule has 25 heavy (non-hydrogen) atoms. The summed E-state index contributed by atoms with van der Waals surface area (Å²) in [4.78, 5) is 12.2. The lowest BCUT2D eigenvalue weighted by Gasteiger charge is -2.28. The number of benzene rings is 2. The highest BCUT2D eigenvalue weighted by atomic mass is 32.2. The van der Waals surface area contributed by atoms with E-state index in [0.717, 1.165) is 5.56 Å². The zero-order chi connectivity index (χ0) is 17.9. The minimum Gasteiger partial charge on any atom is -0.349 e. The fourth-order valence-electron chi connectivity index (χ4n) is 2.89. The van der Waals surface area contributed by atoms with Crippen molar-refractivity contribution in [3.05, 3.63) is 77.9 Å². The van der Waals surface area contributed by atoms with E-state index in [-0.39, 0.29) is 10.8 Å². The first-order valence-electron chi connectivity index (χ1n) is 8.08. The molecule has 2 aromatic rings. The number of amides is 1. The molecule has 3 rings (SSSR count). The third-order valence-electron chi connectivity index (χ3n) is 4.24. The van der Waals surface area contributed by atoms with Crippen molar-refractivity contribution < 1.29 is 13.2 Å². The van der Waals surface area contributed by atoms with Gasteiger partial charge in [0.05, 0.1) is 4.90 Å². The molecule has 1 aliphatic rings. The quantitative estimate of drug-likeness (QED) is 0.837. The number of nitrogens with one attached hydrogen (secondary N) is 1. The van der Waals surface area contributed by atoms with Crippen LogP contribution in [-0.2, 0) is 23.0 Å². The van der Waals surface area contributed by atoms with Crippen LogP contribution in [0, 0.1) is 0 Å². The maximum absolute atomic E-state index is 13.0. The fourth-order valence-corrected chi connectivity index (χ4v) is 4.35. The zero-order valence-corrected chi connectivity index (χ0v) is 14.6. The molecule has 0 unspecified atom stereocenters. The van der Waals surface area contributed by atoms with E-state index in [9.17, 15) is 13.2 Å². The Labute approximate surface area is 148 Å². The number of fused-ring (bicyclic) bond motifs is 1. The normalized spacial score (nSPS) is 14.6. The van der Waals surface area contributed by atoms with Crippen molar-refractivity contribution in [2.24, 2.45) is 0 Å². The molecule has 0 saturated heterocycles. The molecule has 0 atom stereocenters. The first kappa shape index (κ1) is 17.4. The van der Waals surface area contributed by atoms with Gasteiger partial charge in [0, 0.05) is 25.2 Å². The monoisotopic (exact) mass is 356 g/mol. The largest absolute Gasteiger partial charge is 0.349 e. The minimum absolute atomic E-state index is 0.137. The molecule has 1 N–H and O–H groups in total. The van der Waals surface area contributed by atoms with Crippen LogP contribution in [-0.4, -0.2) is 31.7 Å². The van der Waals surface area contributed by atoms with Crippen LogP contribution in [0.25, 0.3) is 0 Å². The highest BCUT2D eigenvalue weighted by molar-refractivity contribution is 7.89. The zero-order valence-electron chi connectivity index (χ0n) is 13.8. The second kappa shape index (κ2) is 7.21. The summed E-state index contributed by atoms with van der Waals surface area (Å²) in [6.45, 7) is 4.67. The molecule has 0 saturated carbocycles. The molecule has 2 aromatic carbocycles. The van der Waals surface area contributed by atoms with Gasteiger partial charge in [0.25, 0.3) is 5.91 Å². The molecule has 0 radical (unpaired) electrons. The lowest BCUT2D eigenvalue weighted by atomic mass is 10.0. The number of carbonyl (C=O) groups excluding carboxylic acids is 1. The van der Waals surface area contributed by atoms with Gasteiger partial charge in [-0.3, -0.25) is 4.79 Å². The van der Waals surface area contributed by atoms with E-state index >= 15 is 0 Å². The van der Waals surface area contributed by atoms with E-state index in [1.54, 1.807) is 18.2 Å². The summed E-state index contributed by atoms with van der Waals surface area (Å²) in [5.74, 6) is -0.319. The molecule has 6 heteroatoms. The predicted octanol–water partition coefficient (Wildman–Crippen LogP) is 2.35. The topological polar surface area (TPSA) is 66.5 Å². The number of hydrogen-bond acceptors (Lipinski definition) is 3. The third-order valence-corrected chi connectivity index (χ3v) is 6.08. The summed E-state index contributed by atoms with van der Waals surface area (Å²) in [5.41, 5.74) is 2.53. The van der Waals surface area contributed by atoms with Crippen molar-refractivity contribution in [1.29, 1.82) is 0 Å². The summed E-state index contributed by atoms with van der Waals surface area (Å²) in [6.07, 6.45) is 2.26. The Kier molecular flexibility index (Phi) is 5.01. The Morgan fingerprint density at radius 1 is 1.16 bits per heavy atom. The molecule has 1 amide bonds. The van der Waals surface area contributed by atoms with Gasteiger partial charge in [0.15, 0.2) is 0 Å². The van der Waals surface area contributed by atoms with Crippen LogP contribution in [0.2, 0.25) is 0 Å². The standard InChI is InChI=1S/C19H20N2O3S/c1-2-11-20-19(22)16-8-5-9-18(13-16)25(23,24)21-12-10-15-6-3-4-7-17(15)14-21/h2-9,13H,1,10-12,14H2,(H,20,22). The van der Waals surface area contributed by atoms with Crippen molar-refractivity contribution in [2.75, 3.05) is 13.1 Å². The molecule has 1 aliphatic heterocycles. The van der Waals surface area contributed by atoms with Gasteiger partial charge in [-0.05, 0) is 35.7 Å². The van der Waals surface area contributed by atoms with Crippen molar-refractivity contribution >= 4 is 15.9 Å². The number of sulfonamides is 1. The van der Waals surface area contributed by atoms with Crippen LogP contribution in [0.1, 0.15) is 21.5 Å². The second-order valence-electron chi connectivity index (χ2n) is 5.88. The average molecular weight is 356 g/mol. The summed E-state index contributed by atoms with van der Waals surface area (Å²) >= 11 is 0. The first-order valence-corrected chi connectivity index (χ1v) is 9.52. The van der Waals surface area contributed by atoms with Crippen LogP contribution in [0.3, 0.4) is 0 Å². The molecule has 1 heterocycles. The van der Waals surface area contributed by atoms with E-state index in [0.29, 0.717) is 31.6 Å². The fraction of sp³-hybridized carbons (Fsp3) is 0.211. The molecule has 0 aliphatic carbocycles. The molecule has 5 nitrogen and oxygen atoms in total. The van der Waals surface area contributed by atoms with E-state index in [4.69, 9.17) is 0 Å². The second-order valence-corrected chi connectivity index (χ2v) is 7.82. The minimum atomic E-state index is -3.65. The molecule has 130 valence electrons. The molecular weight excluding hydrogens is 336 g/mol. The van der Waals surface area contributed by atoms with E-state index < -0.39 is 10.0 Å². The number of nitrogens with zero attached hydrogens (tertiary/aromatic N) is 1. The molecule has 0 bridgehead atoms. The number of carbonyl (C=O) groups is 1. The smallest absolute Gasteiger partial charge is 0.251 e. The van der Waals surface area contributed by atoms with Crippen LogP contribution < -0.4 is 5.32 Å². The van der Waals surface area contributed by atoms with Gasteiger partial charge < -0.3 is 5.32 Å². The molecular formula is C19H20N2O3S. The van der Waals surface area contributed by atoms with Gasteiger partial charge in [-0.2, -0.15) is 4.31 Å². The maximum Gasteiger partial charge on any atom is 0.251 e. The number of hydrogen-bond donors (Lipinski definition) is 1. The van der Waals surface area contributed by atoms with Crippen LogP contribution in [0.5, 0.6) is 0 Å². The van der Waals surface area contributed by atoms with Gasteiger partial charge in [-0.25, -0.2) is 8.42 Å². The summed E-state index contributed by atoms with van der Waals surface area (Å²) in [6, 6.07) is 14.0. The summed E-state index contributed by atoms with van der Waals surface area (Å²) in [7, 11) is -3.65. The van der Waals surface area contributed by atoms with Gasteiger partial charge in [0.2, 0.25) is 10.0 Å². The van der Waals surface area contributed by atoms with E-state index in [1.165, 1.54) is 22.0 Å². The van der Waals surface area contributed by atoms with Crippen molar-refractivity contribution in [3.63, 3.8) is 0 Å². The predicted molar refractivity (Wildman–Crippen MR) is 96.7 cm³/mol.